The molecule has 0 aliphatic carbocycles. The number of anilines is 2. The van der Waals surface area contributed by atoms with Gasteiger partial charge in [-0.15, -0.1) is 0 Å². The van der Waals surface area contributed by atoms with Crippen LogP contribution in [0.5, 0.6) is 0 Å². The van der Waals surface area contributed by atoms with E-state index in [-0.39, 0.29) is 11.7 Å². The standard InChI is InChI=1S/C21H24N4O3S/c1-4-14-29(27,28)24-20-7-5-6-19(16(20)3)23-21(26)17-8-10-18(11-9-17)25-15(2)12-13-22-25/h5-13,24H,4,14H2,1-3H3,(H,23,26). The Hall–Kier alpha value is -3.13. The Kier molecular flexibility index (Phi) is 6.03. The maximum Gasteiger partial charge on any atom is 0.255 e. The van der Waals surface area contributed by atoms with Gasteiger partial charge in [0.2, 0.25) is 10.0 Å². The van der Waals surface area contributed by atoms with Crippen molar-refractivity contribution in [1.82, 2.24) is 9.78 Å². The van der Waals surface area contributed by atoms with Crippen molar-refractivity contribution in [3.63, 3.8) is 0 Å². The second-order valence-corrected chi connectivity index (χ2v) is 8.63. The van der Waals surface area contributed by atoms with Crippen LogP contribution in [0.1, 0.15) is 35.0 Å². The molecule has 0 fully saturated rings. The zero-order chi connectivity index (χ0) is 21.0. The molecule has 0 aliphatic rings. The molecule has 2 aromatic carbocycles. The monoisotopic (exact) mass is 412 g/mol. The van der Waals surface area contributed by atoms with Gasteiger partial charge < -0.3 is 5.32 Å². The fourth-order valence-corrected chi connectivity index (χ4v) is 4.15. The van der Waals surface area contributed by atoms with Crippen LogP contribution in [0.25, 0.3) is 5.69 Å². The van der Waals surface area contributed by atoms with E-state index in [0.29, 0.717) is 28.9 Å². The molecule has 152 valence electrons. The average molecular weight is 413 g/mol. The van der Waals surface area contributed by atoms with Crippen molar-refractivity contribution in [3.8, 4) is 5.69 Å². The molecule has 8 heteroatoms. The molecule has 0 atom stereocenters. The largest absolute Gasteiger partial charge is 0.322 e. The summed E-state index contributed by atoms with van der Waals surface area (Å²) < 4.78 is 28.5. The van der Waals surface area contributed by atoms with Crippen molar-refractivity contribution in [2.24, 2.45) is 0 Å². The number of carbonyl (C=O) groups is 1. The van der Waals surface area contributed by atoms with Gasteiger partial charge in [-0.3, -0.25) is 9.52 Å². The molecule has 0 aliphatic heterocycles. The first-order chi connectivity index (χ1) is 13.8. The Morgan fingerprint density at radius 2 is 1.72 bits per heavy atom. The van der Waals surface area contributed by atoms with Gasteiger partial charge in [-0.1, -0.05) is 13.0 Å². The number of hydrogen-bond acceptors (Lipinski definition) is 4. The highest BCUT2D eigenvalue weighted by Gasteiger charge is 2.14. The van der Waals surface area contributed by atoms with Crippen molar-refractivity contribution in [2.75, 3.05) is 15.8 Å². The smallest absolute Gasteiger partial charge is 0.255 e. The van der Waals surface area contributed by atoms with E-state index in [9.17, 15) is 13.2 Å². The average Bonchev–Trinajstić information content (AvgIpc) is 3.11. The van der Waals surface area contributed by atoms with Crippen LogP contribution in [0.15, 0.2) is 54.7 Å². The maximum atomic E-state index is 12.7. The molecule has 1 amide bonds. The first-order valence-corrected chi connectivity index (χ1v) is 11.0. The number of amides is 1. The topological polar surface area (TPSA) is 93.1 Å². The minimum absolute atomic E-state index is 0.0467. The van der Waals surface area contributed by atoms with Crippen molar-refractivity contribution in [2.45, 2.75) is 27.2 Å². The molecule has 0 radical (unpaired) electrons. The van der Waals surface area contributed by atoms with E-state index in [4.69, 9.17) is 0 Å². The Morgan fingerprint density at radius 3 is 2.34 bits per heavy atom. The van der Waals surface area contributed by atoms with Crippen LogP contribution in [0.4, 0.5) is 11.4 Å². The lowest BCUT2D eigenvalue weighted by Crippen LogP contribution is -2.18. The van der Waals surface area contributed by atoms with Gasteiger partial charge in [-0.2, -0.15) is 5.10 Å². The van der Waals surface area contributed by atoms with Crippen LogP contribution in [0, 0.1) is 13.8 Å². The summed E-state index contributed by atoms with van der Waals surface area (Å²) in [5.74, 6) is -0.226. The van der Waals surface area contributed by atoms with Crippen LogP contribution >= 0.6 is 0 Å². The second-order valence-electron chi connectivity index (χ2n) is 6.78. The van der Waals surface area contributed by atoms with E-state index in [0.717, 1.165) is 11.4 Å². The first-order valence-electron chi connectivity index (χ1n) is 9.33. The molecular formula is C21H24N4O3S. The highest BCUT2D eigenvalue weighted by atomic mass is 32.2. The van der Waals surface area contributed by atoms with E-state index in [1.54, 1.807) is 48.1 Å². The van der Waals surface area contributed by atoms with Gasteiger partial charge in [0.1, 0.15) is 0 Å². The van der Waals surface area contributed by atoms with Crippen LogP contribution in [0.2, 0.25) is 0 Å². The molecule has 3 rings (SSSR count). The van der Waals surface area contributed by atoms with Gasteiger partial charge in [0.15, 0.2) is 0 Å². The SMILES string of the molecule is CCCS(=O)(=O)Nc1cccc(NC(=O)c2ccc(-n3nccc3C)cc2)c1C. The van der Waals surface area contributed by atoms with Crippen molar-refractivity contribution in [1.29, 1.82) is 0 Å². The van der Waals surface area contributed by atoms with Crippen LogP contribution < -0.4 is 10.0 Å². The lowest BCUT2D eigenvalue weighted by atomic mass is 10.1. The molecule has 29 heavy (non-hydrogen) atoms. The summed E-state index contributed by atoms with van der Waals surface area (Å²) >= 11 is 0. The molecule has 2 N–H and O–H groups in total. The summed E-state index contributed by atoms with van der Waals surface area (Å²) in [6, 6.07) is 14.2. The highest BCUT2D eigenvalue weighted by molar-refractivity contribution is 7.92. The zero-order valence-electron chi connectivity index (χ0n) is 16.6. The molecule has 0 unspecified atom stereocenters. The molecule has 0 spiro atoms. The van der Waals surface area contributed by atoms with Gasteiger partial charge >= 0.3 is 0 Å². The molecule has 0 saturated carbocycles. The predicted molar refractivity (Wildman–Crippen MR) is 115 cm³/mol. The van der Waals surface area contributed by atoms with Gasteiger partial charge in [0, 0.05) is 23.1 Å². The third kappa shape index (κ3) is 4.83. The lowest BCUT2D eigenvalue weighted by molar-refractivity contribution is 0.102. The molecule has 0 saturated heterocycles. The summed E-state index contributed by atoms with van der Waals surface area (Å²) in [6.45, 7) is 5.53. The van der Waals surface area contributed by atoms with Gasteiger partial charge in [-0.25, -0.2) is 13.1 Å². The zero-order valence-corrected chi connectivity index (χ0v) is 17.5. The van der Waals surface area contributed by atoms with Gasteiger partial charge in [0.05, 0.1) is 17.1 Å². The molecule has 0 bridgehead atoms. The number of sulfonamides is 1. The van der Waals surface area contributed by atoms with Crippen LogP contribution in [-0.2, 0) is 10.0 Å². The molecule has 1 aromatic heterocycles. The van der Waals surface area contributed by atoms with E-state index < -0.39 is 10.0 Å². The number of nitrogens with zero attached hydrogens (tertiary/aromatic N) is 2. The van der Waals surface area contributed by atoms with Gasteiger partial charge in [0.25, 0.3) is 5.91 Å². The van der Waals surface area contributed by atoms with E-state index in [1.807, 2.05) is 32.0 Å². The van der Waals surface area contributed by atoms with E-state index in [1.165, 1.54) is 0 Å². The van der Waals surface area contributed by atoms with Crippen LogP contribution in [-0.4, -0.2) is 29.9 Å². The minimum atomic E-state index is -3.41. The number of aryl methyl sites for hydroxylation is 1. The quantitative estimate of drug-likeness (QED) is 0.616. The molecule has 3 aromatic rings. The Bertz CT molecular complexity index is 1120. The maximum absolute atomic E-state index is 12.7. The summed E-state index contributed by atoms with van der Waals surface area (Å²) in [5.41, 5.74) is 4.03. The minimum Gasteiger partial charge on any atom is -0.322 e. The molecular weight excluding hydrogens is 388 g/mol. The van der Waals surface area contributed by atoms with Crippen molar-refractivity contribution in [3.05, 3.63) is 71.5 Å². The Labute approximate surface area is 170 Å². The third-order valence-electron chi connectivity index (χ3n) is 4.53. The van der Waals surface area contributed by atoms with E-state index >= 15 is 0 Å². The third-order valence-corrected chi connectivity index (χ3v) is 6.00. The van der Waals surface area contributed by atoms with E-state index in [2.05, 4.69) is 15.1 Å². The fraction of sp³-hybridized carbons (Fsp3) is 0.238. The number of aromatic nitrogens is 2. The number of hydrogen-bond donors (Lipinski definition) is 2. The number of rotatable bonds is 7. The summed E-state index contributed by atoms with van der Waals surface area (Å²) in [7, 11) is -3.41. The summed E-state index contributed by atoms with van der Waals surface area (Å²) in [4.78, 5) is 12.7. The lowest BCUT2D eigenvalue weighted by Gasteiger charge is -2.14. The normalized spacial score (nSPS) is 11.3. The van der Waals surface area contributed by atoms with Crippen LogP contribution in [0.3, 0.4) is 0 Å². The van der Waals surface area contributed by atoms with Gasteiger partial charge in [-0.05, 0) is 68.3 Å². The first kappa shape index (κ1) is 20.6. The number of carbonyl (C=O) groups excluding carboxylic acids is 1. The Balaban J connectivity index is 1.77. The predicted octanol–water partition coefficient (Wildman–Crippen LogP) is 3.89. The van der Waals surface area contributed by atoms with Crippen molar-refractivity contribution >= 4 is 27.3 Å². The highest BCUT2D eigenvalue weighted by Crippen LogP contribution is 2.25. The number of nitrogens with one attached hydrogen (secondary N) is 2. The summed E-state index contributed by atoms with van der Waals surface area (Å²) in [5, 5.41) is 7.11. The summed E-state index contributed by atoms with van der Waals surface area (Å²) in [6.07, 6.45) is 2.25. The Morgan fingerprint density at radius 1 is 1.03 bits per heavy atom. The number of benzene rings is 2. The molecule has 1 heterocycles. The molecule has 7 nitrogen and oxygen atoms in total. The fourth-order valence-electron chi connectivity index (χ4n) is 2.96. The van der Waals surface area contributed by atoms with Crippen molar-refractivity contribution < 1.29 is 13.2 Å². The second kappa shape index (κ2) is 8.48.